The second kappa shape index (κ2) is 18.1. The molecule has 0 bridgehead atoms. The molecule has 0 unspecified atom stereocenters. The van der Waals surface area contributed by atoms with Gasteiger partial charge in [0.05, 0.1) is 0 Å². The Morgan fingerprint density at radius 2 is 0.667 bits per heavy atom. The average molecular weight is 489 g/mol. The van der Waals surface area contributed by atoms with Crippen LogP contribution in [0, 0.1) is 36.8 Å². The molecular formula is C26H50CuLiSi2. The summed E-state index contributed by atoms with van der Waals surface area (Å²) in [6.07, 6.45) is 1.50. The maximum Gasteiger partial charge on any atom is 1.00 e. The Balaban J connectivity index is -0.000000211. The van der Waals surface area contributed by atoms with Crippen molar-refractivity contribution in [1.82, 2.24) is 0 Å². The van der Waals surface area contributed by atoms with Gasteiger partial charge in [-0.2, -0.15) is 0 Å². The fourth-order valence-corrected chi connectivity index (χ4v) is 15.9. The molecule has 0 rings (SSSR count). The minimum Gasteiger partial charge on any atom is -0.332 e. The number of rotatable bonds is 6. The van der Waals surface area contributed by atoms with Gasteiger partial charge < -0.3 is 13.8 Å². The zero-order valence-electron chi connectivity index (χ0n) is 22.6. The topological polar surface area (TPSA) is 0 Å². The molecule has 0 aromatic carbocycles. The molecule has 4 heteroatoms. The normalized spacial score (nSPS) is 11.3. The summed E-state index contributed by atoms with van der Waals surface area (Å²) < 4.78 is 0. The summed E-state index contributed by atoms with van der Waals surface area (Å²) in [4.78, 5) is 0. The zero-order chi connectivity index (χ0) is 22.7. The van der Waals surface area contributed by atoms with Gasteiger partial charge >= 0.3 is 35.9 Å². The summed E-state index contributed by atoms with van der Waals surface area (Å²) in [5.74, 6) is 6.47. The molecular weight excluding hydrogens is 439 g/mol. The first-order valence-corrected chi connectivity index (χ1v) is 15.8. The molecule has 0 spiro atoms. The molecule has 0 fully saturated rings. The van der Waals surface area contributed by atoms with Crippen molar-refractivity contribution in [2.75, 3.05) is 0 Å². The van der Waals surface area contributed by atoms with E-state index in [4.69, 9.17) is 0 Å². The van der Waals surface area contributed by atoms with E-state index in [9.17, 15) is 0 Å². The van der Waals surface area contributed by atoms with E-state index in [-0.39, 0.29) is 35.9 Å². The van der Waals surface area contributed by atoms with E-state index >= 15 is 0 Å². The van der Waals surface area contributed by atoms with Crippen LogP contribution in [0.2, 0.25) is 33.2 Å². The van der Waals surface area contributed by atoms with Crippen molar-refractivity contribution in [3.8, 4) is 22.9 Å². The van der Waals surface area contributed by atoms with Crippen LogP contribution in [0.3, 0.4) is 0 Å². The van der Waals surface area contributed by atoms with Crippen molar-refractivity contribution in [3.05, 3.63) is 13.8 Å². The molecule has 0 aromatic rings. The first-order chi connectivity index (χ1) is 12.8. The van der Waals surface area contributed by atoms with Crippen LogP contribution in [0.1, 0.15) is 95.9 Å². The average Bonchev–Trinajstić information content (AvgIpc) is 2.54. The van der Waals surface area contributed by atoms with E-state index in [0.29, 0.717) is 0 Å². The molecule has 0 saturated carbocycles. The molecule has 0 aliphatic rings. The van der Waals surface area contributed by atoms with Crippen molar-refractivity contribution >= 4 is 16.1 Å². The third-order valence-electron chi connectivity index (χ3n) is 6.59. The minimum absolute atomic E-state index is 0. The Morgan fingerprint density at radius 1 is 0.500 bits per heavy atom. The Hall–Kier alpha value is 0.671. The van der Waals surface area contributed by atoms with E-state index in [2.05, 4.69) is 120 Å². The van der Waals surface area contributed by atoms with Crippen LogP contribution in [0.4, 0.5) is 0 Å². The summed E-state index contributed by atoms with van der Waals surface area (Å²) in [7, 11) is -2.90. The molecule has 0 radical (unpaired) electrons. The van der Waals surface area contributed by atoms with Gasteiger partial charge in [0.1, 0.15) is 16.1 Å². The van der Waals surface area contributed by atoms with Crippen LogP contribution in [-0.4, -0.2) is 16.1 Å². The molecule has 0 aromatic heterocycles. The van der Waals surface area contributed by atoms with Gasteiger partial charge in [-0.05, 0) is 33.2 Å². The summed E-state index contributed by atoms with van der Waals surface area (Å²) in [6, 6.07) is 0. The monoisotopic (exact) mass is 488 g/mol. The predicted octanol–water partition coefficient (Wildman–Crippen LogP) is 5.87. The van der Waals surface area contributed by atoms with E-state index in [0.717, 1.165) is 46.1 Å². The molecule has 0 atom stereocenters. The van der Waals surface area contributed by atoms with Crippen LogP contribution in [0.5, 0.6) is 0 Å². The maximum absolute atomic E-state index is 3.82. The van der Waals surface area contributed by atoms with Crippen molar-refractivity contribution in [2.45, 2.75) is 129 Å². The Bertz CT molecular complexity index is 449. The van der Waals surface area contributed by atoms with Crippen LogP contribution >= 0.6 is 0 Å². The van der Waals surface area contributed by atoms with Crippen molar-refractivity contribution in [3.63, 3.8) is 0 Å². The second-order valence-electron chi connectivity index (χ2n) is 9.90. The largest absolute Gasteiger partial charge is 1.00 e. The van der Waals surface area contributed by atoms with E-state index in [1.54, 1.807) is 0 Å². The van der Waals surface area contributed by atoms with Gasteiger partial charge in [0.15, 0.2) is 0 Å². The molecule has 0 nitrogen and oxygen atoms in total. The summed E-state index contributed by atoms with van der Waals surface area (Å²) >= 11 is 0. The molecule has 0 heterocycles. The van der Waals surface area contributed by atoms with Gasteiger partial charge in [-0.3, -0.25) is 0 Å². The summed E-state index contributed by atoms with van der Waals surface area (Å²) in [5.41, 5.74) is 11.6. The van der Waals surface area contributed by atoms with Gasteiger partial charge in [-0.15, -0.1) is 35.8 Å². The van der Waals surface area contributed by atoms with E-state index in [1.807, 2.05) is 0 Å². The van der Waals surface area contributed by atoms with Gasteiger partial charge in [-0.1, -0.05) is 83.1 Å². The first kappa shape index (κ1) is 38.0. The first-order valence-electron chi connectivity index (χ1n) is 11.4. The Labute approximate surface area is 217 Å². The van der Waals surface area contributed by atoms with Gasteiger partial charge in [0.2, 0.25) is 0 Å². The van der Waals surface area contributed by atoms with Crippen molar-refractivity contribution in [2.24, 2.45) is 0 Å². The van der Waals surface area contributed by atoms with Crippen LogP contribution in [-0.2, 0) is 17.1 Å². The standard InChI is InChI=1S/2C13H25Si.Cu.Li/c2*1-8-9-10-14(11(2)3,12(4)5)13(6)7;;/h2*11-13H,1,8H2,2-7H3;;/q2*-1;2*+1. The summed E-state index contributed by atoms with van der Waals surface area (Å²) in [6.45, 7) is 35.7. The number of hydrogen-bond acceptors (Lipinski definition) is 0. The smallest absolute Gasteiger partial charge is 0.332 e. The Kier molecular flexibility index (Phi) is 22.9. The predicted molar refractivity (Wildman–Crippen MR) is 138 cm³/mol. The van der Waals surface area contributed by atoms with Crippen molar-refractivity contribution < 1.29 is 35.9 Å². The van der Waals surface area contributed by atoms with Gasteiger partial charge in [-0.25, -0.2) is 0 Å². The third-order valence-corrected chi connectivity index (χ3v) is 19.3. The van der Waals surface area contributed by atoms with E-state index < -0.39 is 16.1 Å². The Morgan fingerprint density at radius 3 is 0.767 bits per heavy atom. The fourth-order valence-electron chi connectivity index (χ4n) is 5.30. The third kappa shape index (κ3) is 10.1. The van der Waals surface area contributed by atoms with E-state index in [1.165, 1.54) is 0 Å². The molecule has 0 N–H and O–H groups in total. The fraction of sp³-hybridized carbons (Fsp3) is 0.769. The SMILES string of the molecule is [CH2-]CC#C[Si](C(C)C)(C(C)C)C(C)C.[CH2-]CC#C[Si](C(C)C)(C(C)C)C(C)C.[Cu+].[Li+]. The summed E-state index contributed by atoms with van der Waals surface area (Å²) in [5, 5.41) is 0. The quantitative estimate of drug-likeness (QED) is 0.249. The molecule has 174 valence electrons. The molecule has 30 heavy (non-hydrogen) atoms. The zero-order valence-corrected chi connectivity index (χ0v) is 25.5. The molecule has 0 aliphatic heterocycles. The van der Waals surface area contributed by atoms with Crippen molar-refractivity contribution in [1.29, 1.82) is 0 Å². The van der Waals surface area contributed by atoms with Crippen LogP contribution in [0.25, 0.3) is 0 Å². The van der Waals surface area contributed by atoms with Gasteiger partial charge in [0, 0.05) is 0 Å². The molecule has 0 amide bonds. The van der Waals surface area contributed by atoms with Crippen LogP contribution in [0.15, 0.2) is 0 Å². The maximum atomic E-state index is 3.82. The van der Waals surface area contributed by atoms with Crippen LogP contribution < -0.4 is 18.9 Å². The van der Waals surface area contributed by atoms with Gasteiger partial charge in [0.25, 0.3) is 0 Å². The molecule has 0 saturated heterocycles. The number of hydrogen-bond donors (Lipinski definition) is 0. The second-order valence-corrected chi connectivity index (χ2v) is 21.1. The minimum atomic E-state index is -1.45. The molecule has 0 aliphatic carbocycles.